The van der Waals surface area contributed by atoms with Gasteiger partial charge in [-0.25, -0.2) is 4.99 Å². The van der Waals surface area contributed by atoms with Crippen LogP contribution in [0.3, 0.4) is 0 Å². The van der Waals surface area contributed by atoms with E-state index >= 15 is 0 Å². The Kier molecular flexibility index (Phi) is 5.98. The van der Waals surface area contributed by atoms with Gasteiger partial charge in [0.1, 0.15) is 5.84 Å². The van der Waals surface area contributed by atoms with Crippen LogP contribution >= 0.6 is 11.8 Å². The second-order valence-electron chi connectivity index (χ2n) is 8.92. The maximum atomic E-state index is 13.1. The molecule has 1 unspecified atom stereocenters. The van der Waals surface area contributed by atoms with E-state index in [0.29, 0.717) is 42.6 Å². The SMILES string of the molecule is NC(=O)C1CCN(C(=O)c2cccc(C3=CC=C4C5=C(SC4C3)C(N)=NC=CCC5)c2)CC1. The summed E-state index contributed by atoms with van der Waals surface area (Å²) in [5.74, 6) is 0.233. The molecule has 4 aliphatic rings. The van der Waals surface area contributed by atoms with Gasteiger partial charge in [0.05, 0.1) is 4.91 Å². The number of rotatable bonds is 3. The molecule has 1 fully saturated rings. The smallest absolute Gasteiger partial charge is 0.253 e. The maximum absolute atomic E-state index is 13.1. The van der Waals surface area contributed by atoms with E-state index in [1.807, 2.05) is 34.9 Å². The number of nitrogens with two attached hydrogens (primary N) is 2. The van der Waals surface area contributed by atoms with Crippen molar-refractivity contribution in [3.05, 3.63) is 75.9 Å². The molecule has 0 aromatic heterocycles. The number of amides is 2. The van der Waals surface area contributed by atoms with Gasteiger partial charge in [-0.05, 0) is 66.5 Å². The lowest BCUT2D eigenvalue weighted by atomic mass is 9.87. The van der Waals surface area contributed by atoms with Crippen LogP contribution < -0.4 is 11.5 Å². The summed E-state index contributed by atoms with van der Waals surface area (Å²) in [6.07, 6.45) is 12.4. The number of hydrogen-bond acceptors (Lipinski definition) is 5. The summed E-state index contributed by atoms with van der Waals surface area (Å²) in [5.41, 5.74) is 17.3. The molecule has 0 spiro atoms. The zero-order valence-electron chi connectivity index (χ0n) is 18.5. The molecule has 0 radical (unpaired) electrons. The van der Waals surface area contributed by atoms with Crippen LogP contribution in [0, 0.1) is 5.92 Å². The van der Waals surface area contributed by atoms with E-state index in [2.05, 4.69) is 29.3 Å². The van der Waals surface area contributed by atoms with Crippen molar-refractivity contribution in [2.75, 3.05) is 13.1 Å². The molecule has 6 nitrogen and oxygen atoms in total. The number of likely N-dealkylation sites (tertiary alicyclic amines) is 1. The Balaban J connectivity index is 1.34. The van der Waals surface area contributed by atoms with Crippen molar-refractivity contribution in [2.24, 2.45) is 22.4 Å². The highest BCUT2D eigenvalue weighted by Crippen LogP contribution is 2.49. The number of aliphatic imine (C=N–C) groups is 1. The van der Waals surface area contributed by atoms with Gasteiger partial charge in [0.25, 0.3) is 5.91 Å². The minimum absolute atomic E-state index is 0.0174. The van der Waals surface area contributed by atoms with E-state index in [1.165, 1.54) is 16.7 Å². The Labute approximate surface area is 198 Å². The first-order valence-electron chi connectivity index (χ1n) is 11.5. The van der Waals surface area contributed by atoms with Gasteiger partial charge < -0.3 is 16.4 Å². The second-order valence-corrected chi connectivity index (χ2v) is 10.1. The lowest BCUT2D eigenvalue weighted by Crippen LogP contribution is -2.41. The summed E-state index contributed by atoms with van der Waals surface area (Å²) in [7, 11) is 0. The summed E-state index contributed by atoms with van der Waals surface area (Å²) >= 11 is 1.81. The van der Waals surface area contributed by atoms with Crippen LogP contribution in [-0.4, -0.2) is 40.9 Å². The van der Waals surface area contributed by atoms with Crippen LogP contribution in [0.15, 0.2) is 69.7 Å². The molecule has 1 aromatic rings. The minimum atomic E-state index is -0.266. The third-order valence-corrected chi connectivity index (χ3v) is 8.27. The highest BCUT2D eigenvalue weighted by Gasteiger charge is 2.34. The number of thioether (sulfide) groups is 1. The average Bonchev–Trinajstić information content (AvgIpc) is 3.19. The first-order valence-corrected chi connectivity index (χ1v) is 12.4. The predicted octanol–water partition coefficient (Wildman–Crippen LogP) is 3.77. The number of carbonyl (C=O) groups is 2. The van der Waals surface area contributed by atoms with Crippen LogP contribution in [0.1, 0.15) is 48.0 Å². The highest BCUT2D eigenvalue weighted by atomic mass is 32.2. The highest BCUT2D eigenvalue weighted by molar-refractivity contribution is 8.05. The molecule has 4 N–H and O–H groups in total. The van der Waals surface area contributed by atoms with E-state index in [-0.39, 0.29) is 17.7 Å². The normalized spacial score (nSPS) is 23.1. The number of allylic oxidation sites excluding steroid dienone is 5. The van der Waals surface area contributed by atoms with Crippen molar-refractivity contribution in [3.63, 3.8) is 0 Å². The molecule has 3 heterocycles. The number of primary amides is 1. The molecule has 33 heavy (non-hydrogen) atoms. The van der Waals surface area contributed by atoms with E-state index in [1.54, 1.807) is 6.20 Å². The Bertz CT molecular complexity index is 1150. The number of hydrogen-bond donors (Lipinski definition) is 2. The fourth-order valence-electron chi connectivity index (χ4n) is 5.00. The second kappa shape index (κ2) is 9.06. The van der Waals surface area contributed by atoms with E-state index in [9.17, 15) is 9.59 Å². The quantitative estimate of drug-likeness (QED) is 0.717. The lowest BCUT2D eigenvalue weighted by molar-refractivity contribution is -0.123. The summed E-state index contributed by atoms with van der Waals surface area (Å²) in [5, 5.41) is 0.328. The van der Waals surface area contributed by atoms with Crippen molar-refractivity contribution in [3.8, 4) is 0 Å². The summed E-state index contributed by atoms with van der Waals surface area (Å²) in [6, 6.07) is 7.90. The van der Waals surface area contributed by atoms with Crippen molar-refractivity contribution in [1.29, 1.82) is 0 Å². The Morgan fingerprint density at radius 2 is 1.97 bits per heavy atom. The van der Waals surface area contributed by atoms with E-state index in [4.69, 9.17) is 11.5 Å². The molecule has 1 aromatic carbocycles. The van der Waals surface area contributed by atoms with Gasteiger partial charge in [0, 0.05) is 36.0 Å². The van der Waals surface area contributed by atoms with Crippen LogP contribution in [0.25, 0.3) is 5.57 Å². The molecular weight excluding hydrogens is 432 g/mol. The average molecular weight is 461 g/mol. The van der Waals surface area contributed by atoms with Crippen molar-refractivity contribution >= 4 is 35.0 Å². The lowest BCUT2D eigenvalue weighted by Gasteiger charge is -2.30. The maximum Gasteiger partial charge on any atom is 0.253 e. The fourth-order valence-corrected chi connectivity index (χ4v) is 6.43. The van der Waals surface area contributed by atoms with Crippen molar-refractivity contribution in [2.45, 2.75) is 37.4 Å². The molecule has 1 aliphatic carbocycles. The van der Waals surface area contributed by atoms with Crippen molar-refractivity contribution in [1.82, 2.24) is 4.90 Å². The molecule has 2 amide bonds. The van der Waals surface area contributed by atoms with Gasteiger partial charge in [-0.2, -0.15) is 0 Å². The van der Waals surface area contributed by atoms with E-state index < -0.39 is 0 Å². The van der Waals surface area contributed by atoms with E-state index in [0.717, 1.165) is 29.7 Å². The fraction of sp³-hybridized carbons (Fsp3) is 0.346. The summed E-state index contributed by atoms with van der Waals surface area (Å²) < 4.78 is 0. The Hall–Kier alpha value is -3.06. The summed E-state index contributed by atoms with van der Waals surface area (Å²) in [6.45, 7) is 1.14. The van der Waals surface area contributed by atoms with Gasteiger partial charge in [-0.1, -0.05) is 30.4 Å². The van der Waals surface area contributed by atoms with Crippen LogP contribution in [-0.2, 0) is 4.79 Å². The largest absolute Gasteiger partial charge is 0.383 e. The number of nitrogens with zero attached hydrogens (tertiary/aromatic N) is 2. The molecule has 3 aliphatic heterocycles. The number of fused-ring (bicyclic) bond motifs is 2. The topological polar surface area (TPSA) is 102 Å². The number of piperidine rings is 1. The Morgan fingerprint density at radius 1 is 1.15 bits per heavy atom. The molecule has 5 rings (SSSR count). The molecule has 0 bridgehead atoms. The third kappa shape index (κ3) is 4.29. The number of amidine groups is 1. The standard InChI is InChI=1S/C26H28N4O2S/c27-24-23-21(6-1-2-11-29-24)20-8-7-18(15-22(20)33-23)17-4-3-5-19(14-17)26(32)30-12-9-16(10-13-30)25(28)31/h2-5,7-8,11,14,16,22H,1,6,9-10,12-13,15H2,(H2,27,29)(H2,28,31). The van der Waals surface area contributed by atoms with Crippen LogP contribution in [0.4, 0.5) is 0 Å². The summed E-state index contributed by atoms with van der Waals surface area (Å²) in [4.78, 5) is 31.8. The van der Waals surface area contributed by atoms with Gasteiger partial charge in [-0.3, -0.25) is 9.59 Å². The van der Waals surface area contributed by atoms with Gasteiger partial charge in [0.15, 0.2) is 0 Å². The van der Waals surface area contributed by atoms with Crippen molar-refractivity contribution < 1.29 is 9.59 Å². The van der Waals surface area contributed by atoms with Gasteiger partial charge >= 0.3 is 0 Å². The van der Waals surface area contributed by atoms with Gasteiger partial charge in [0.2, 0.25) is 5.91 Å². The van der Waals surface area contributed by atoms with Gasteiger partial charge in [-0.15, -0.1) is 11.8 Å². The predicted molar refractivity (Wildman–Crippen MR) is 133 cm³/mol. The van der Waals surface area contributed by atoms with Crippen LogP contribution in [0.5, 0.6) is 0 Å². The monoisotopic (exact) mass is 460 g/mol. The molecule has 170 valence electrons. The molecule has 0 saturated carbocycles. The zero-order chi connectivity index (χ0) is 22.9. The first-order chi connectivity index (χ1) is 16.0. The third-order valence-electron chi connectivity index (χ3n) is 6.88. The minimum Gasteiger partial charge on any atom is -0.383 e. The molecular formula is C26H28N4O2S. The zero-order valence-corrected chi connectivity index (χ0v) is 19.3. The molecule has 1 saturated heterocycles. The Morgan fingerprint density at radius 3 is 2.76 bits per heavy atom. The number of benzene rings is 1. The first kappa shape index (κ1) is 21.8. The molecule has 7 heteroatoms. The number of carbonyl (C=O) groups excluding carboxylic acids is 2. The van der Waals surface area contributed by atoms with Crippen LogP contribution in [0.2, 0.25) is 0 Å². The molecule has 1 atom stereocenters.